The number of allylic oxidation sites excluding steroid dienone is 1. The van der Waals surface area contributed by atoms with Gasteiger partial charge in [0, 0.05) is 25.9 Å². The molecule has 0 fully saturated rings. The number of amides is 2. The Labute approximate surface area is 209 Å². The summed E-state index contributed by atoms with van der Waals surface area (Å²) in [5, 5.41) is 10.8. The number of nitrogens with zero attached hydrogens (tertiary/aromatic N) is 4. The fourth-order valence-electron chi connectivity index (χ4n) is 4.28. The molecule has 0 bridgehead atoms. The average Bonchev–Trinajstić information content (AvgIpc) is 3.18. The lowest BCUT2D eigenvalue weighted by molar-refractivity contribution is -0.129. The maximum Gasteiger partial charge on any atom is 0.243 e. The third-order valence-corrected chi connectivity index (χ3v) is 6.25. The van der Waals surface area contributed by atoms with Gasteiger partial charge in [-0.2, -0.15) is 5.10 Å². The monoisotopic (exact) mass is 480 g/mol. The lowest BCUT2D eigenvalue weighted by atomic mass is 10.0. The number of carbonyl (C=O) groups is 2. The molecule has 0 aliphatic carbocycles. The molecule has 8 heteroatoms. The Morgan fingerprint density at radius 3 is 2.54 bits per heavy atom. The number of hydrogen-bond donors (Lipinski definition) is 2. The van der Waals surface area contributed by atoms with Crippen LogP contribution in [0.3, 0.4) is 0 Å². The van der Waals surface area contributed by atoms with E-state index in [0.29, 0.717) is 25.2 Å². The number of rotatable bonds is 5. The van der Waals surface area contributed by atoms with Gasteiger partial charge < -0.3 is 10.6 Å². The summed E-state index contributed by atoms with van der Waals surface area (Å²) in [6, 6.07) is 8.82. The van der Waals surface area contributed by atoms with Crippen molar-refractivity contribution in [2.75, 3.05) is 19.6 Å². The lowest BCUT2D eigenvalue weighted by Gasteiger charge is -2.27. The third-order valence-electron chi connectivity index (χ3n) is 6.25. The van der Waals surface area contributed by atoms with E-state index in [0.717, 1.165) is 37.4 Å². The van der Waals surface area contributed by atoms with Crippen LogP contribution in [0.2, 0.25) is 0 Å². The Balaban J connectivity index is 1.91. The van der Waals surface area contributed by atoms with Crippen LogP contribution >= 0.6 is 0 Å². The minimum Gasteiger partial charge on any atom is -0.344 e. The van der Waals surface area contributed by atoms with Crippen molar-refractivity contribution < 1.29 is 9.59 Å². The van der Waals surface area contributed by atoms with Gasteiger partial charge in [-0.05, 0) is 45.2 Å². The second-order valence-electron chi connectivity index (χ2n) is 9.97. The van der Waals surface area contributed by atoms with E-state index in [9.17, 15) is 9.59 Å². The molecule has 2 amide bonds. The molecule has 0 unspecified atom stereocenters. The molecule has 0 spiro atoms. The highest BCUT2D eigenvalue weighted by atomic mass is 16.2. The number of fused-ring (bicyclic) bond motifs is 1. The van der Waals surface area contributed by atoms with Gasteiger partial charge in [0.05, 0.1) is 12.6 Å². The molecule has 1 aromatic carbocycles. The van der Waals surface area contributed by atoms with E-state index in [-0.39, 0.29) is 23.8 Å². The van der Waals surface area contributed by atoms with Crippen molar-refractivity contribution in [2.24, 2.45) is 5.92 Å². The van der Waals surface area contributed by atoms with Crippen LogP contribution in [0.15, 0.2) is 42.0 Å². The van der Waals surface area contributed by atoms with E-state index in [2.05, 4.69) is 54.4 Å². The van der Waals surface area contributed by atoms with Crippen LogP contribution in [-0.2, 0) is 22.6 Å². The molecule has 2 atom stereocenters. The summed E-state index contributed by atoms with van der Waals surface area (Å²) in [5.41, 5.74) is 2.27. The summed E-state index contributed by atoms with van der Waals surface area (Å²) in [5.74, 6) is 1.25. The Morgan fingerprint density at radius 1 is 1.11 bits per heavy atom. The highest BCUT2D eigenvalue weighted by Crippen LogP contribution is 2.21. The average molecular weight is 481 g/mol. The number of benzene rings is 1. The molecule has 1 aliphatic rings. The quantitative estimate of drug-likeness (QED) is 0.642. The molecular formula is C27H40N6O2. The smallest absolute Gasteiger partial charge is 0.243 e. The summed E-state index contributed by atoms with van der Waals surface area (Å²) >= 11 is 0. The van der Waals surface area contributed by atoms with Gasteiger partial charge in [0.15, 0.2) is 0 Å². The fourth-order valence-corrected chi connectivity index (χ4v) is 4.28. The predicted octanol–water partition coefficient (Wildman–Crippen LogP) is 3.19. The first-order valence-electron chi connectivity index (χ1n) is 12.6. The van der Waals surface area contributed by atoms with E-state index >= 15 is 0 Å². The summed E-state index contributed by atoms with van der Waals surface area (Å²) in [4.78, 5) is 33.4. The number of aryl methyl sites for hydroxylation is 1. The SMILES string of the molecule is CC(C)=CCN1CCCC(=O)N[C@@H](Cc2ccccc2)C(=O)N[C@H](C(C)C)c2nc(C)nn2CC1. The molecule has 190 valence electrons. The minimum atomic E-state index is -0.659. The predicted molar refractivity (Wildman–Crippen MR) is 138 cm³/mol. The fraction of sp³-hybridized carbons (Fsp3) is 0.556. The van der Waals surface area contributed by atoms with Crippen LogP contribution in [0, 0.1) is 12.8 Å². The Bertz CT molecular complexity index is 1010. The van der Waals surface area contributed by atoms with Crippen molar-refractivity contribution >= 4 is 11.8 Å². The van der Waals surface area contributed by atoms with Gasteiger partial charge in [-0.3, -0.25) is 14.5 Å². The van der Waals surface area contributed by atoms with Crippen molar-refractivity contribution in [1.82, 2.24) is 30.3 Å². The van der Waals surface area contributed by atoms with Gasteiger partial charge in [-0.15, -0.1) is 0 Å². The molecule has 0 saturated heterocycles. The number of nitrogens with one attached hydrogen (secondary N) is 2. The molecule has 0 radical (unpaired) electrons. The summed E-state index contributed by atoms with van der Waals surface area (Å²) < 4.78 is 1.94. The lowest BCUT2D eigenvalue weighted by Crippen LogP contribution is -2.50. The molecule has 3 rings (SSSR count). The van der Waals surface area contributed by atoms with Crippen LogP contribution in [0.5, 0.6) is 0 Å². The highest BCUT2D eigenvalue weighted by Gasteiger charge is 2.29. The van der Waals surface area contributed by atoms with Gasteiger partial charge in [0.1, 0.15) is 17.7 Å². The zero-order valence-corrected chi connectivity index (χ0v) is 21.8. The normalized spacial score (nSPS) is 20.5. The van der Waals surface area contributed by atoms with E-state index in [1.54, 1.807) is 0 Å². The standard InChI is InChI=1S/C27H40N6O2/c1-19(2)13-15-32-14-9-12-24(34)29-23(18-22-10-7-6-8-11-22)27(35)30-25(20(3)4)26-28-21(5)31-33(26)17-16-32/h6-8,10-11,13,20,23,25H,9,12,14-18H2,1-5H3,(H,29,34)(H,30,35)/t23-,25+/m0/s1. The summed E-state index contributed by atoms with van der Waals surface area (Å²) in [6.07, 6.45) is 3.75. The van der Waals surface area contributed by atoms with Crippen LogP contribution in [0.4, 0.5) is 0 Å². The minimum absolute atomic E-state index is 0.0968. The zero-order valence-electron chi connectivity index (χ0n) is 21.8. The first kappa shape index (κ1) is 26.6. The van der Waals surface area contributed by atoms with Gasteiger partial charge in [0.25, 0.3) is 0 Å². The van der Waals surface area contributed by atoms with Gasteiger partial charge in [0.2, 0.25) is 11.8 Å². The van der Waals surface area contributed by atoms with Crippen LogP contribution in [0.1, 0.15) is 63.8 Å². The van der Waals surface area contributed by atoms with Crippen molar-refractivity contribution in [3.63, 3.8) is 0 Å². The Kier molecular flexibility index (Phi) is 9.60. The van der Waals surface area contributed by atoms with Gasteiger partial charge >= 0.3 is 0 Å². The summed E-state index contributed by atoms with van der Waals surface area (Å²) in [6.45, 7) is 13.3. The van der Waals surface area contributed by atoms with E-state index in [1.807, 2.05) is 41.9 Å². The number of aromatic nitrogens is 3. The topological polar surface area (TPSA) is 92.2 Å². The molecule has 35 heavy (non-hydrogen) atoms. The Hall–Kier alpha value is -3.00. The summed E-state index contributed by atoms with van der Waals surface area (Å²) in [7, 11) is 0. The van der Waals surface area contributed by atoms with Gasteiger partial charge in [-0.1, -0.05) is 55.8 Å². The molecule has 1 aromatic heterocycles. The highest BCUT2D eigenvalue weighted by molar-refractivity contribution is 5.88. The van der Waals surface area contributed by atoms with Crippen LogP contribution in [-0.4, -0.2) is 57.2 Å². The van der Waals surface area contributed by atoms with E-state index in [1.165, 1.54) is 5.57 Å². The molecule has 2 N–H and O–H groups in total. The third kappa shape index (κ3) is 8.02. The first-order chi connectivity index (χ1) is 16.7. The van der Waals surface area contributed by atoms with Crippen molar-refractivity contribution in [3.05, 3.63) is 59.2 Å². The maximum absolute atomic E-state index is 13.5. The molecule has 2 heterocycles. The van der Waals surface area contributed by atoms with Crippen molar-refractivity contribution in [2.45, 2.75) is 72.5 Å². The second kappa shape index (κ2) is 12.6. The number of hydrogen-bond acceptors (Lipinski definition) is 5. The molecule has 8 nitrogen and oxygen atoms in total. The van der Waals surface area contributed by atoms with Crippen LogP contribution in [0.25, 0.3) is 0 Å². The van der Waals surface area contributed by atoms with E-state index < -0.39 is 6.04 Å². The van der Waals surface area contributed by atoms with Crippen molar-refractivity contribution in [1.29, 1.82) is 0 Å². The number of carbonyl (C=O) groups excluding carboxylic acids is 2. The largest absolute Gasteiger partial charge is 0.344 e. The van der Waals surface area contributed by atoms with E-state index in [4.69, 9.17) is 4.98 Å². The molecular weight excluding hydrogens is 440 g/mol. The molecule has 1 aliphatic heterocycles. The van der Waals surface area contributed by atoms with Crippen molar-refractivity contribution in [3.8, 4) is 0 Å². The van der Waals surface area contributed by atoms with Crippen LogP contribution < -0.4 is 10.6 Å². The Morgan fingerprint density at radius 2 is 1.86 bits per heavy atom. The zero-order chi connectivity index (χ0) is 25.4. The first-order valence-corrected chi connectivity index (χ1v) is 12.6. The second-order valence-corrected chi connectivity index (χ2v) is 9.97. The van der Waals surface area contributed by atoms with Gasteiger partial charge in [-0.25, -0.2) is 9.67 Å². The maximum atomic E-state index is 13.5. The molecule has 2 aromatic rings. The molecule has 0 saturated carbocycles.